The fourth-order valence-corrected chi connectivity index (χ4v) is 2.76. The molecular formula is C21H27ClN2O. The molecule has 0 heterocycles. The Balaban J connectivity index is 2.28. The highest BCUT2D eigenvalue weighted by molar-refractivity contribution is 6.31. The summed E-state index contributed by atoms with van der Waals surface area (Å²) in [5.41, 5.74) is 4.19. The second kappa shape index (κ2) is 8.39. The molecule has 2 aromatic carbocycles. The van der Waals surface area contributed by atoms with Gasteiger partial charge in [-0.25, -0.2) is 4.99 Å². The average molecular weight is 359 g/mol. The maximum absolute atomic E-state index is 6.27. The van der Waals surface area contributed by atoms with Crippen LogP contribution in [-0.4, -0.2) is 24.8 Å². The average Bonchev–Trinajstić information content (AvgIpc) is 2.57. The van der Waals surface area contributed by atoms with E-state index in [9.17, 15) is 0 Å². The number of nitrogens with zero attached hydrogens (tertiary/aromatic N) is 2. The van der Waals surface area contributed by atoms with Gasteiger partial charge in [-0.05, 0) is 73.7 Å². The molecule has 0 unspecified atom stereocenters. The van der Waals surface area contributed by atoms with Crippen molar-refractivity contribution in [2.24, 2.45) is 4.99 Å². The fraction of sp³-hybridized carbons (Fsp3) is 0.381. The van der Waals surface area contributed by atoms with Gasteiger partial charge in [0.25, 0.3) is 0 Å². The molecule has 2 aromatic rings. The van der Waals surface area contributed by atoms with Crippen molar-refractivity contribution >= 4 is 23.6 Å². The standard InChI is InChI=1S/C21H27ClN2O/c1-7-24(6)13-23-20-10-16(5)21(11-15(20)4)25-17-8-9-19(22)18(12-17)14(2)3/h8-14H,7H2,1-6H3/b23-13-. The summed E-state index contributed by atoms with van der Waals surface area (Å²) in [6.07, 6.45) is 1.86. The van der Waals surface area contributed by atoms with Gasteiger partial charge in [0.05, 0.1) is 12.0 Å². The zero-order valence-corrected chi connectivity index (χ0v) is 16.7. The molecule has 4 heteroatoms. The molecule has 0 spiro atoms. The second-order valence-corrected chi connectivity index (χ2v) is 7.07. The Morgan fingerprint density at radius 2 is 1.88 bits per heavy atom. The topological polar surface area (TPSA) is 24.8 Å². The van der Waals surface area contributed by atoms with Crippen LogP contribution in [0.5, 0.6) is 11.5 Å². The Hall–Kier alpha value is -2.00. The monoisotopic (exact) mass is 358 g/mol. The van der Waals surface area contributed by atoms with Gasteiger partial charge >= 0.3 is 0 Å². The van der Waals surface area contributed by atoms with Crippen molar-refractivity contribution in [2.75, 3.05) is 13.6 Å². The van der Waals surface area contributed by atoms with Gasteiger partial charge in [0.1, 0.15) is 11.5 Å². The lowest BCUT2D eigenvalue weighted by atomic mass is 10.0. The van der Waals surface area contributed by atoms with E-state index in [0.29, 0.717) is 5.92 Å². The van der Waals surface area contributed by atoms with E-state index in [0.717, 1.165) is 45.4 Å². The molecule has 0 saturated heterocycles. The summed E-state index contributed by atoms with van der Waals surface area (Å²) < 4.78 is 6.12. The zero-order chi connectivity index (χ0) is 18.6. The summed E-state index contributed by atoms with van der Waals surface area (Å²) in [7, 11) is 2.01. The molecule has 0 fully saturated rings. The van der Waals surface area contributed by atoms with Gasteiger partial charge in [0.2, 0.25) is 0 Å². The quantitative estimate of drug-likeness (QED) is 0.435. The molecule has 0 aromatic heterocycles. The van der Waals surface area contributed by atoms with Gasteiger partial charge < -0.3 is 9.64 Å². The molecule has 0 atom stereocenters. The van der Waals surface area contributed by atoms with Crippen LogP contribution in [0.4, 0.5) is 5.69 Å². The van der Waals surface area contributed by atoms with Crippen molar-refractivity contribution in [3.63, 3.8) is 0 Å². The summed E-state index contributed by atoms with van der Waals surface area (Å²) >= 11 is 6.27. The van der Waals surface area contributed by atoms with Crippen LogP contribution < -0.4 is 4.74 Å². The highest BCUT2D eigenvalue weighted by atomic mass is 35.5. The molecular weight excluding hydrogens is 332 g/mol. The van der Waals surface area contributed by atoms with Crippen molar-refractivity contribution in [2.45, 2.75) is 40.5 Å². The van der Waals surface area contributed by atoms with Crippen molar-refractivity contribution in [3.05, 3.63) is 52.0 Å². The van der Waals surface area contributed by atoms with Crippen LogP contribution in [0.25, 0.3) is 0 Å². The van der Waals surface area contributed by atoms with Gasteiger partial charge in [-0.1, -0.05) is 25.4 Å². The first-order chi connectivity index (χ1) is 11.8. The summed E-state index contributed by atoms with van der Waals surface area (Å²) in [6, 6.07) is 9.92. The van der Waals surface area contributed by atoms with Crippen molar-refractivity contribution in [1.29, 1.82) is 0 Å². The minimum absolute atomic E-state index is 0.353. The molecule has 0 amide bonds. The van der Waals surface area contributed by atoms with Crippen LogP contribution in [0.2, 0.25) is 5.02 Å². The number of ether oxygens (including phenoxy) is 1. The van der Waals surface area contributed by atoms with Crippen LogP contribution in [0, 0.1) is 13.8 Å². The molecule has 0 bridgehead atoms. The molecule has 0 aliphatic heterocycles. The van der Waals surface area contributed by atoms with E-state index in [1.54, 1.807) is 0 Å². The minimum Gasteiger partial charge on any atom is -0.457 e. The number of aryl methyl sites for hydroxylation is 2. The van der Waals surface area contributed by atoms with Crippen molar-refractivity contribution in [3.8, 4) is 11.5 Å². The van der Waals surface area contributed by atoms with E-state index in [-0.39, 0.29) is 0 Å². The Labute approximate surface area is 156 Å². The van der Waals surface area contributed by atoms with E-state index >= 15 is 0 Å². The first kappa shape index (κ1) is 19.3. The third-order valence-corrected chi connectivity index (χ3v) is 4.55. The van der Waals surface area contributed by atoms with Gasteiger partial charge in [-0.2, -0.15) is 0 Å². The van der Waals surface area contributed by atoms with Gasteiger partial charge in [-0.3, -0.25) is 0 Å². The molecule has 2 rings (SSSR count). The molecule has 0 radical (unpaired) electrons. The highest BCUT2D eigenvalue weighted by Crippen LogP contribution is 2.34. The maximum atomic E-state index is 6.27. The molecule has 0 saturated carbocycles. The van der Waals surface area contributed by atoms with Crippen LogP contribution in [0.15, 0.2) is 35.3 Å². The molecule has 25 heavy (non-hydrogen) atoms. The van der Waals surface area contributed by atoms with E-state index in [4.69, 9.17) is 16.3 Å². The summed E-state index contributed by atoms with van der Waals surface area (Å²) in [5.74, 6) is 2.00. The van der Waals surface area contributed by atoms with Gasteiger partial charge in [0, 0.05) is 18.6 Å². The van der Waals surface area contributed by atoms with Gasteiger partial charge in [0.15, 0.2) is 0 Å². The number of rotatable bonds is 6. The lowest BCUT2D eigenvalue weighted by molar-refractivity contribution is 0.477. The Kier molecular flexibility index (Phi) is 6.49. The van der Waals surface area contributed by atoms with Crippen LogP contribution in [0.3, 0.4) is 0 Å². The predicted octanol–water partition coefficient (Wildman–Crippen LogP) is 6.48. The SMILES string of the molecule is CCN(C)/C=N\c1cc(C)c(Oc2ccc(Cl)c(C(C)C)c2)cc1C. The van der Waals surface area contributed by atoms with E-state index in [2.05, 4.69) is 31.8 Å². The van der Waals surface area contributed by atoms with Crippen LogP contribution in [0.1, 0.15) is 43.4 Å². The Morgan fingerprint density at radius 3 is 2.52 bits per heavy atom. The van der Waals surface area contributed by atoms with E-state index in [1.807, 2.05) is 56.4 Å². The normalized spacial score (nSPS) is 11.4. The first-order valence-electron chi connectivity index (χ1n) is 8.64. The number of aliphatic imine (C=N–C) groups is 1. The largest absolute Gasteiger partial charge is 0.457 e. The Morgan fingerprint density at radius 1 is 1.16 bits per heavy atom. The minimum atomic E-state index is 0.353. The lowest BCUT2D eigenvalue weighted by Crippen LogP contribution is -2.14. The van der Waals surface area contributed by atoms with Gasteiger partial charge in [-0.15, -0.1) is 0 Å². The predicted molar refractivity (Wildman–Crippen MR) is 108 cm³/mol. The highest BCUT2D eigenvalue weighted by Gasteiger charge is 2.10. The summed E-state index contributed by atoms with van der Waals surface area (Å²) in [6.45, 7) is 11.4. The molecule has 3 nitrogen and oxygen atoms in total. The number of hydrogen-bond donors (Lipinski definition) is 0. The molecule has 0 aliphatic carbocycles. The molecule has 134 valence electrons. The third kappa shape index (κ3) is 4.99. The number of benzene rings is 2. The molecule has 0 N–H and O–H groups in total. The summed E-state index contributed by atoms with van der Waals surface area (Å²) in [4.78, 5) is 6.60. The molecule has 0 aliphatic rings. The number of hydrogen-bond acceptors (Lipinski definition) is 2. The van der Waals surface area contributed by atoms with E-state index < -0.39 is 0 Å². The summed E-state index contributed by atoms with van der Waals surface area (Å²) in [5, 5.41) is 0.778. The van der Waals surface area contributed by atoms with Crippen LogP contribution in [-0.2, 0) is 0 Å². The van der Waals surface area contributed by atoms with Crippen molar-refractivity contribution < 1.29 is 4.74 Å². The smallest absolute Gasteiger partial charge is 0.130 e. The lowest BCUT2D eigenvalue weighted by Gasteiger charge is -2.15. The van der Waals surface area contributed by atoms with Crippen LogP contribution >= 0.6 is 11.6 Å². The zero-order valence-electron chi connectivity index (χ0n) is 15.9. The second-order valence-electron chi connectivity index (χ2n) is 6.66. The van der Waals surface area contributed by atoms with E-state index in [1.165, 1.54) is 0 Å². The third-order valence-electron chi connectivity index (χ3n) is 4.20. The maximum Gasteiger partial charge on any atom is 0.130 e. The van der Waals surface area contributed by atoms with Crippen molar-refractivity contribution in [1.82, 2.24) is 4.90 Å². The first-order valence-corrected chi connectivity index (χ1v) is 9.02. The Bertz CT molecular complexity index is 769. The fourth-order valence-electron chi connectivity index (χ4n) is 2.42. The number of halogens is 1.